The summed E-state index contributed by atoms with van der Waals surface area (Å²) in [5, 5.41) is 34.0. The van der Waals surface area contributed by atoms with Gasteiger partial charge in [0.15, 0.2) is 17.3 Å². The van der Waals surface area contributed by atoms with Gasteiger partial charge in [-0.05, 0) is 29.3 Å². The van der Waals surface area contributed by atoms with Crippen LogP contribution in [0.4, 0.5) is 11.4 Å². The van der Waals surface area contributed by atoms with Crippen LogP contribution in [0.15, 0.2) is 72.8 Å². The maximum Gasteiger partial charge on any atom is 0.270 e. The minimum Gasteiger partial charge on any atom is -0.504 e. The lowest BCUT2D eigenvalue weighted by atomic mass is 9.83. The summed E-state index contributed by atoms with van der Waals surface area (Å²) in [4.78, 5) is 38.7. The number of ketones is 1. The molecule has 4 atom stereocenters. The van der Waals surface area contributed by atoms with Gasteiger partial charge in [-0.25, -0.2) is 0 Å². The van der Waals surface area contributed by atoms with Crippen molar-refractivity contribution in [2.75, 3.05) is 12.0 Å². The van der Waals surface area contributed by atoms with Gasteiger partial charge >= 0.3 is 0 Å². The number of carbonyl (C=O) groups excluding carboxylic acids is 1. The number of ether oxygens (including phenoxy) is 1. The topological polar surface area (TPSA) is 136 Å². The van der Waals surface area contributed by atoms with Crippen molar-refractivity contribution >= 4 is 23.2 Å². The Kier molecular flexibility index (Phi) is 5.63. The maximum atomic E-state index is 14.1. The predicted octanol–water partition coefficient (Wildman–Crippen LogP) is 4.21. The molecule has 0 amide bonds. The first-order valence-electron chi connectivity index (χ1n) is 11.2. The average molecular weight is 487 g/mol. The number of non-ortho nitro benzene ring substituents is 1. The first kappa shape index (κ1) is 23.0. The van der Waals surface area contributed by atoms with E-state index in [1.165, 1.54) is 43.5 Å². The maximum absolute atomic E-state index is 14.1. The second kappa shape index (κ2) is 8.81. The lowest BCUT2D eigenvalue weighted by molar-refractivity contribution is -0.524. The molecule has 0 saturated carbocycles. The van der Waals surface area contributed by atoms with E-state index in [4.69, 9.17) is 4.74 Å². The minimum absolute atomic E-state index is 0.0831. The number of fused-ring (bicyclic) bond motifs is 3. The number of rotatable bonds is 6. The van der Waals surface area contributed by atoms with Crippen LogP contribution < -0.4 is 9.64 Å². The van der Waals surface area contributed by atoms with Gasteiger partial charge in [0.1, 0.15) is 12.1 Å². The molecule has 36 heavy (non-hydrogen) atoms. The van der Waals surface area contributed by atoms with E-state index in [1.54, 1.807) is 29.2 Å². The molecule has 3 aromatic carbocycles. The van der Waals surface area contributed by atoms with E-state index in [9.17, 15) is 30.1 Å². The van der Waals surface area contributed by atoms with Crippen LogP contribution in [-0.4, -0.2) is 46.0 Å². The van der Waals surface area contributed by atoms with Gasteiger partial charge in [-0.2, -0.15) is 0 Å². The molecule has 10 heteroatoms. The number of nitro groups is 2. The van der Waals surface area contributed by atoms with E-state index in [0.717, 1.165) is 5.56 Å². The van der Waals surface area contributed by atoms with Crippen LogP contribution in [0.1, 0.15) is 27.4 Å². The summed E-state index contributed by atoms with van der Waals surface area (Å²) in [7, 11) is 1.37. The molecule has 2 aliphatic rings. The van der Waals surface area contributed by atoms with Crippen molar-refractivity contribution in [3.05, 3.63) is 110 Å². The average Bonchev–Trinajstić information content (AvgIpc) is 3.24. The molecule has 4 unspecified atom stereocenters. The third-order valence-electron chi connectivity index (χ3n) is 6.81. The Hall–Kier alpha value is -4.73. The number of phenolic OH excluding ortho intramolecular Hbond substituents is 1. The summed E-state index contributed by atoms with van der Waals surface area (Å²) in [5.41, 5.74) is 1.74. The van der Waals surface area contributed by atoms with Gasteiger partial charge in [0.2, 0.25) is 6.04 Å². The quantitative estimate of drug-likeness (QED) is 0.310. The third-order valence-corrected chi connectivity index (χ3v) is 6.81. The van der Waals surface area contributed by atoms with Crippen LogP contribution in [0.25, 0.3) is 6.08 Å². The lowest BCUT2D eigenvalue weighted by Gasteiger charge is -2.34. The fraction of sp³-hybridized carbons (Fsp3) is 0.192. The first-order chi connectivity index (χ1) is 17.3. The zero-order valence-corrected chi connectivity index (χ0v) is 19.1. The molecular weight excluding hydrogens is 466 g/mol. The van der Waals surface area contributed by atoms with E-state index in [1.807, 2.05) is 18.2 Å². The molecular formula is C26H21N3O7. The highest BCUT2D eigenvalue weighted by Crippen LogP contribution is 2.48. The molecule has 0 aromatic heterocycles. The van der Waals surface area contributed by atoms with Crippen molar-refractivity contribution in [1.29, 1.82) is 0 Å². The second-order valence-corrected chi connectivity index (χ2v) is 8.67. The Morgan fingerprint density at radius 3 is 2.53 bits per heavy atom. The molecule has 0 radical (unpaired) electrons. The van der Waals surface area contributed by atoms with Crippen LogP contribution in [0.5, 0.6) is 11.5 Å². The number of hydrogen-bond donors (Lipinski definition) is 1. The highest BCUT2D eigenvalue weighted by molar-refractivity contribution is 6.04. The summed E-state index contributed by atoms with van der Waals surface area (Å²) < 4.78 is 5.23. The third kappa shape index (κ3) is 3.63. The summed E-state index contributed by atoms with van der Waals surface area (Å²) in [5.74, 6) is -1.43. The number of carbonyl (C=O) groups is 1. The molecule has 1 saturated heterocycles. The number of nitrogens with zero attached hydrogens (tertiary/aromatic N) is 3. The molecule has 5 rings (SSSR count). The Labute approximate surface area is 205 Å². The van der Waals surface area contributed by atoms with Crippen molar-refractivity contribution in [3.8, 4) is 11.5 Å². The summed E-state index contributed by atoms with van der Waals surface area (Å²) in [6, 6.07) is 14.1. The molecule has 2 heterocycles. The van der Waals surface area contributed by atoms with Gasteiger partial charge in [0.25, 0.3) is 5.69 Å². The highest BCUT2D eigenvalue weighted by Gasteiger charge is 2.59. The number of aromatic hydroxyl groups is 1. The van der Waals surface area contributed by atoms with Crippen LogP contribution in [0, 0.1) is 20.2 Å². The lowest BCUT2D eigenvalue weighted by Crippen LogP contribution is -2.44. The monoisotopic (exact) mass is 487 g/mol. The number of phenols is 1. The molecule has 0 aliphatic carbocycles. The van der Waals surface area contributed by atoms with E-state index < -0.39 is 34.7 Å². The molecule has 0 bridgehead atoms. The summed E-state index contributed by atoms with van der Waals surface area (Å²) in [6.07, 6.45) is 3.53. The van der Waals surface area contributed by atoms with Crippen LogP contribution >= 0.6 is 0 Å². The molecule has 1 fully saturated rings. The molecule has 3 aromatic rings. The number of hydrogen-bond acceptors (Lipinski definition) is 8. The normalized spacial score (nSPS) is 22.0. The van der Waals surface area contributed by atoms with Crippen LogP contribution in [0.2, 0.25) is 0 Å². The smallest absolute Gasteiger partial charge is 0.270 e. The largest absolute Gasteiger partial charge is 0.504 e. The Morgan fingerprint density at radius 2 is 1.81 bits per heavy atom. The van der Waals surface area contributed by atoms with E-state index in [-0.39, 0.29) is 27.7 Å². The van der Waals surface area contributed by atoms with Crippen molar-refractivity contribution in [2.24, 2.45) is 0 Å². The van der Waals surface area contributed by atoms with E-state index in [0.29, 0.717) is 11.3 Å². The van der Waals surface area contributed by atoms with Crippen molar-refractivity contribution in [2.45, 2.75) is 24.0 Å². The Morgan fingerprint density at radius 1 is 1.03 bits per heavy atom. The first-order valence-corrected chi connectivity index (χ1v) is 11.2. The molecule has 10 nitrogen and oxygen atoms in total. The van der Waals surface area contributed by atoms with Crippen molar-refractivity contribution in [3.63, 3.8) is 0 Å². The number of nitro benzene ring substituents is 1. The fourth-order valence-corrected chi connectivity index (χ4v) is 5.27. The highest BCUT2D eigenvalue weighted by atomic mass is 16.6. The van der Waals surface area contributed by atoms with Gasteiger partial charge in [-0.15, -0.1) is 0 Å². The minimum atomic E-state index is -1.21. The fourth-order valence-electron chi connectivity index (χ4n) is 5.27. The summed E-state index contributed by atoms with van der Waals surface area (Å²) >= 11 is 0. The van der Waals surface area contributed by atoms with Crippen LogP contribution in [0.3, 0.4) is 0 Å². The van der Waals surface area contributed by atoms with Crippen molar-refractivity contribution in [1.82, 2.24) is 0 Å². The zero-order chi connectivity index (χ0) is 25.6. The van der Waals surface area contributed by atoms with Gasteiger partial charge in [-0.3, -0.25) is 25.0 Å². The zero-order valence-electron chi connectivity index (χ0n) is 19.1. The van der Waals surface area contributed by atoms with Gasteiger partial charge in [0, 0.05) is 28.3 Å². The van der Waals surface area contributed by atoms with Gasteiger partial charge in [-0.1, -0.05) is 48.6 Å². The molecule has 1 N–H and O–H groups in total. The number of anilines is 1. The van der Waals surface area contributed by atoms with E-state index in [2.05, 4.69) is 0 Å². The summed E-state index contributed by atoms with van der Waals surface area (Å²) in [6.45, 7) is 0. The van der Waals surface area contributed by atoms with Gasteiger partial charge < -0.3 is 14.7 Å². The van der Waals surface area contributed by atoms with E-state index >= 15 is 0 Å². The van der Waals surface area contributed by atoms with Crippen LogP contribution in [-0.2, 0) is 0 Å². The van der Waals surface area contributed by atoms with Crippen molar-refractivity contribution < 1.29 is 24.5 Å². The number of para-hydroxylation sites is 1. The SMILES string of the molecule is COc1cc(C2C(C(=O)c3cccc([N+](=O)[O-])c3)N3c4ccccc4C=CC3C2[N+](=O)[O-])ccc1O. The molecule has 2 aliphatic heterocycles. The molecule has 0 spiro atoms. The number of methoxy groups -OCH3 is 1. The second-order valence-electron chi connectivity index (χ2n) is 8.67. The number of benzene rings is 3. The number of Topliss-reactive ketones (excluding diaryl/α,β-unsaturated/α-hetero) is 1. The molecule has 182 valence electrons. The Balaban J connectivity index is 1.73. The van der Waals surface area contributed by atoms with Gasteiger partial charge in [0.05, 0.1) is 18.0 Å². The standard InChI is InChI=1S/C26H21N3O7/c1-36-22-14-16(10-12-21(22)30)23-24(29(34)35)20-11-9-15-5-2-3-8-19(15)27(20)25(23)26(31)17-6-4-7-18(13-17)28(32)33/h2-14,20,23-25,30H,1H3. The predicted molar refractivity (Wildman–Crippen MR) is 131 cm³/mol. The Bertz CT molecular complexity index is 1420.